The predicted molar refractivity (Wildman–Crippen MR) is 59.4 cm³/mol. The fourth-order valence-electron chi connectivity index (χ4n) is 1.14. The van der Waals surface area contributed by atoms with Crippen LogP contribution in [0.4, 0.5) is 0 Å². The molecular weight excluding hydrogens is 244 g/mol. The summed E-state index contributed by atoms with van der Waals surface area (Å²) in [5.41, 5.74) is -1.77. The SMILES string of the molecule is CCOC(=O)C(CO)(COCOC(C)=O)C(C)=O. The summed E-state index contributed by atoms with van der Waals surface area (Å²) in [7, 11) is 0. The van der Waals surface area contributed by atoms with Crippen molar-refractivity contribution in [2.24, 2.45) is 5.41 Å². The molecule has 1 unspecified atom stereocenters. The minimum atomic E-state index is -1.77. The Morgan fingerprint density at radius 2 is 1.78 bits per heavy atom. The molecule has 0 aliphatic heterocycles. The van der Waals surface area contributed by atoms with Crippen LogP contribution < -0.4 is 0 Å². The molecule has 0 spiro atoms. The van der Waals surface area contributed by atoms with Gasteiger partial charge in [-0.1, -0.05) is 0 Å². The summed E-state index contributed by atoms with van der Waals surface area (Å²) in [6, 6.07) is 0. The first kappa shape index (κ1) is 16.5. The lowest BCUT2D eigenvalue weighted by Gasteiger charge is -2.26. The average molecular weight is 262 g/mol. The monoisotopic (exact) mass is 262 g/mol. The highest BCUT2D eigenvalue weighted by Crippen LogP contribution is 2.21. The number of rotatable bonds is 8. The van der Waals surface area contributed by atoms with Gasteiger partial charge in [0.25, 0.3) is 0 Å². The second-order valence-electron chi connectivity index (χ2n) is 3.62. The van der Waals surface area contributed by atoms with Gasteiger partial charge < -0.3 is 19.3 Å². The Balaban J connectivity index is 4.61. The molecule has 0 aromatic carbocycles. The topological polar surface area (TPSA) is 99.1 Å². The van der Waals surface area contributed by atoms with Crippen LogP contribution in [0, 0.1) is 5.41 Å². The fraction of sp³-hybridized carbons (Fsp3) is 0.727. The predicted octanol–water partition coefficient (Wildman–Crippen LogP) is -0.346. The van der Waals surface area contributed by atoms with Crippen LogP contribution in [0.25, 0.3) is 0 Å². The molecule has 0 radical (unpaired) electrons. The number of aliphatic hydroxyl groups is 1. The van der Waals surface area contributed by atoms with E-state index in [-0.39, 0.29) is 6.61 Å². The number of hydrogen-bond acceptors (Lipinski definition) is 7. The Bertz CT molecular complexity index is 313. The van der Waals surface area contributed by atoms with Crippen molar-refractivity contribution in [1.29, 1.82) is 0 Å². The van der Waals surface area contributed by atoms with Crippen LogP contribution in [-0.2, 0) is 28.6 Å². The highest BCUT2D eigenvalue weighted by molar-refractivity contribution is 6.03. The van der Waals surface area contributed by atoms with Crippen LogP contribution in [-0.4, -0.2) is 49.4 Å². The van der Waals surface area contributed by atoms with Gasteiger partial charge in [0.2, 0.25) is 0 Å². The van der Waals surface area contributed by atoms with E-state index in [9.17, 15) is 19.5 Å². The first-order valence-electron chi connectivity index (χ1n) is 5.41. The second-order valence-corrected chi connectivity index (χ2v) is 3.62. The van der Waals surface area contributed by atoms with E-state index in [2.05, 4.69) is 4.74 Å². The van der Waals surface area contributed by atoms with Gasteiger partial charge in [-0.25, -0.2) is 0 Å². The molecule has 0 saturated heterocycles. The van der Waals surface area contributed by atoms with Gasteiger partial charge in [-0.15, -0.1) is 0 Å². The molecule has 18 heavy (non-hydrogen) atoms. The molecule has 0 saturated carbocycles. The Morgan fingerprint density at radius 3 is 2.17 bits per heavy atom. The maximum absolute atomic E-state index is 11.7. The Kier molecular flexibility index (Phi) is 7.14. The Labute approximate surface area is 105 Å². The Hall–Kier alpha value is -1.47. The van der Waals surface area contributed by atoms with E-state index >= 15 is 0 Å². The summed E-state index contributed by atoms with van der Waals surface area (Å²) in [5.74, 6) is -1.99. The molecule has 0 bridgehead atoms. The van der Waals surface area contributed by atoms with E-state index in [0.29, 0.717) is 0 Å². The quantitative estimate of drug-likeness (QED) is 0.276. The Morgan fingerprint density at radius 1 is 1.17 bits per heavy atom. The largest absolute Gasteiger partial charge is 0.465 e. The van der Waals surface area contributed by atoms with E-state index in [1.165, 1.54) is 6.92 Å². The number of esters is 2. The van der Waals surface area contributed by atoms with Gasteiger partial charge in [0, 0.05) is 6.92 Å². The van der Waals surface area contributed by atoms with Gasteiger partial charge in [-0.05, 0) is 13.8 Å². The molecule has 0 aromatic heterocycles. The highest BCUT2D eigenvalue weighted by Gasteiger charge is 2.45. The molecule has 0 rings (SSSR count). The fourth-order valence-corrected chi connectivity index (χ4v) is 1.14. The van der Waals surface area contributed by atoms with E-state index < -0.39 is 43.1 Å². The number of aliphatic hydroxyl groups excluding tert-OH is 1. The van der Waals surface area contributed by atoms with E-state index in [1.807, 2.05) is 0 Å². The summed E-state index contributed by atoms with van der Waals surface area (Å²) >= 11 is 0. The van der Waals surface area contributed by atoms with Gasteiger partial charge in [0.15, 0.2) is 18.0 Å². The van der Waals surface area contributed by atoms with Crippen LogP contribution in [0.5, 0.6) is 0 Å². The zero-order valence-electron chi connectivity index (χ0n) is 10.7. The minimum Gasteiger partial charge on any atom is -0.465 e. The van der Waals surface area contributed by atoms with Crippen molar-refractivity contribution in [3.8, 4) is 0 Å². The van der Waals surface area contributed by atoms with Crippen LogP contribution in [0.15, 0.2) is 0 Å². The molecule has 7 heteroatoms. The zero-order valence-corrected chi connectivity index (χ0v) is 10.7. The van der Waals surface area contributed by atoms with Gasteiger partial charge in [0.1, 0.15) is 0 Å². The molecule has 0 heterocycles. The maximum Gasteiger partial charge on any atom is 0.324 e. The molecule has 0 aliphatic carbocycles. The minimum absolute atomic E-state index is 0.0812. The van der Waals surface area contributed by atoms with Crippen LogP contribution >= 0.6 is 0 Å². The molecule has 0 aliphatic rings. The molecule has 0 fully saturated rings. The number of carbonyl (C=O) groups excluding carboxylic acids is 3. The van der Waals surface area contributed by atoms with Crippen molar-refractivity contribution in [3.05, 3.63) is 0 Å². The van der Waals surface area contributed by atoms with E-state index in [4.69, 9.17) is 9.47 Å². The number of carbonyl (C=O) groups is 3. The standard InChI is InChI=1S/C11H18O7/c1-4-17-10(15)11(5-12,8(2)13)6-16-7-18-9(3)14/h12H,4-7H2,1-3H3. The molecule has 1 atom stereocenters. The van der Waals surface area contributed by atoms with E-state index in [0.717, 1.165) is 6.92 Å². The number of ketones is 1. The third kappa shape index (κ3) is 4.42. The lowest BCUT2D eigenvalue weighted by Crippen LogP contribution is -2.46. The number of Topliss-reactive ketones (excluding diaryl/α,β-unsaturated/α-hetero) is 1. The van der Waals surface area contributed by atoms with Crippen LogP contribution in [0.2, 0.25) is 0 Å². The molecule has 104 valence electrons. The van der Waals surface area contributed by atoms with Crippen LogP contribution in [0.3, 0.4) is 0 Å². The first-order chi connectivity index (χ1) is 8.40. The van der Waals surface area contributed by atoms with Gasteiger partial charge in [-0.2, -0.15) is 0 Å². The molecule has 0 aromatic rings. The van der Waals surface area contributed by atoms with Crippen molar-refractivity contribution in [2.75, 3.05) is 26.6 Å². The van der Waals surface area contributed by atoms with Gasteiger partial charge >= 0.3 is 11.9 Å². The normalized spacial score (nSPS) is 13.6. The first-order valence-corrected chi connectivity index (χ1v) is 5.41. The summed E-state index contributed by atoms with van der Waals surface area (Å²) < 4.78 is 14.1. The summed E-state index contributed by atoms with van der Waals surface area (Å²) in [5, 5.41) is 9.24. The molecule has 1 N–H and O–H groups in total. The van der Waals surface area contributed by atoms with Crippen molar-refractivity contribution in [3.63, 3.8) is 0 Å². The lowest BCUT2D eigenvalue weighted by molar-refractivity contribution is -0.173. The smallest absolute Gasteiger partial charge is 0.324 e. The van der Waals surface area contributed by atoms with Crippen molar-refractivity contribution < 1.29 is 33.7 Å². The zero-order chi connectivity index (χ0) is 14.2. The molecule has 0 amide bonds. The highest BCUT2D eigenvalue weighted by atomic mass is 16.7. The average Bonchev–Trinajstić information content (AvgIpc) is 2.29. The molecule has 7 nitrogen and oxygen atoms in total. The van der Waals surface area contributed by atoms with Crippen molar-refractivity contribution >= 4 is 17.7 Å². The second kappa shape index (κ2) is 7.78. The van der Waals surface area contributed by atoms with Crippen molar-refractivity contribution in [1.82, 2.24) is 0 Å². The van der Waals surface area contributed by atoms with Gasteiger partial charge in [0.05, 0.1) is 19.8 Å². The lowest BCUT2D eigenvalue weighted by atomic mass is 9.86. The van der Waals surface area contributed by atoms with E-state index in [1.54, 1.807) is 6.92 Å². The van der Waals surface area contributed by atoms with Crippen LogP contribution in [0.1, 0.15) is 20.8 Å². The summed E-state index contributed by atoms with van der Waals surface area (Å²) in [6.07, 6.45) is 0. The maximum atomic E-state index is 11.7. The number of ether oxygens (including phenoxy) is 3. The molecular formula is C11H18O7. The summed E-state index contributed by atoms with van der Waals surface area (Å²) in [6.45, 7) is 2.47. The third-order valence-electron chi connectivity index (χ3n) is 2.30. The van der Waals surface area contributed by atoms with Crippen molar-refractivity contribution in [2.45, 2.75) is 20.8 Å². The van der Waals surface area contributed by atoms with Gasteiger partial charge in [-0.3, -0.25) is 14.4 Å². The third-order valence-corrected chi connectivity index (χ3v) is 2.30. The summed E-state index contributed by atoms with van der Waals surface area (Å²) in [4.78, 5) is 33.7. The number of hydrogen-bond donors (Lipinski definition) is 1.